The van der Waals surface area contributed by atoms with Crippen LogP contribution in [0.3, 0.4) is 0 Å². The second-order valence-electron chi connectivity index (χ2n) is 3.54. The van der Waals surface area contributed by atoms with E-state index in [-0.39, 0.29) is 22.6 Å². The van der Waals surface area contributed by atoms with Crippen molar-refractivity contribution in [1.82, 2.24) is 0 Å². The molecule has 112 valence electrons. The maximum Gasteiger partial charge on any atom is 0.305 e. The molecule has 0 spiro atoms. The lowest BCUT2D eigenvalue weighted by atomic mass is 10.1. The van der Waals surface area contributed by atoms with Crippen molar-refractivity contribution >= 4 is 79.7 Å². The summed E-state index contributed by atoms with van der Waals surface area (Å²) in [4.78, 5) is 11.6. The van der Waals surface area contributed by atoms with Gasteiger partial charge in [0.2, 0.25) is 0 Å². The van der Waals surface area contributed by atoms with Crippen molar-refractivity contribution in [3.63, 3.8) is 0 Å². The van der Waals surface area contributed by atoms with Crippen LogP contribution in [-0.4, -0.2) is 26.5 Å². The van der Waals surface area contributed by atoms with Crippen LogP contribution >= 0.6 is 73.9 Å². The molecule has 0 aromatic heterocycles. The van der Waals surface area contributed by atoms with Gasteiger partial charge in [0.15, 0.2) is 17.3 Å². The Kier molecular flexibility index (Phi) is 6.58. The molecule has 0 amide bonds. The van der Waals surface area contributed by atoms with Crippen molar-refractivity contribution in [2.75, 3.05) is 12.4 Å². The number of methoxy groups -OCH3 is 1. The molecule has 0 bridgehead atoms. The van der Waals surface area contributed by atoms with E-state index in [0.717, 1.165) is 0 Å². The number of alkyl halides is 6. The average Bonchev–Trinajstić information content (AvgIpc) is 2.36. The lowest BCUT2D eigenvalue weighted by molar-refractivity contribution is 0.102. The minimum absolute atomic E-state index is 0.126. The SMILES string of the molecule is COc1cc(C(=O)CBr)ccc1OC(Cl)(Cl)C(Cl)(Cl)Cl. The van der Waals surface area contributed by atoms with Gasteiger partial charge in [0.25, 0.3) is 3.79 Å². The summed E-state index contributed by atoms with van der Waals surface area (Å²) < 4.78 is 6.15. The first-order valence-electron chi connectivity index (χ1n) is 5.03. The summed E-state index contributed by atoms with van der Waals surface area (Å²) in [6.07, 6.45) is 0. The van der Waals surface area contributed by atoms with Crippen LogP contribution in [0.2, 0.25) is 0 Å². The quantitative estimate of drug-likeness (QED) is 0.465. The molecular weight excluding hydrogens is 437 g/mol. The van der Waals surface area contributed by atoms with Crippen LogP contribution in [0.25, 0.3) is 0 Å². The van der Waals surface area contributed by atoms with Crippen LogP contribution < -0.4 is 9.47 Å². The van der Waals surface area contributed by atoms with Crippen molar-refractivity contribution in [2.45, 2.75) is 8.31 Å². The molecule has 0 unspecified atom stereocenters. The number of halogens is 6. The number of ketones is 1. The summed E-state index contributed by atoms with van der Waals surface area (Å²) in [5.41, 5.74) is 0.426. The molecule has 0 aliphatic heterocycles. The number of hydrogen-bond donors (Lipinski definition) is 0. The summed E-state index contributed by atoms with van der Waals surface area (Å²) in [6, 6.07) is 4.44. The predicted molar refractivity (Wildman–Crippen MR) is 86.5 cm³/mol. The highest BCUT2D eigenvalue weighted by molar-refractivity contribution is 9.09. The lowest BCUT2D eigenvalue weighted by Crippen LogP contribution is -2.37. The summed E-state index contributed by atoms with van der Waals surface area (Å²) in [6.45, 7) is 0. The van der Waals surface area contributed by atoms with Gasteiger partial charge in [-0.05, 0) is 18.2 Å². The Morgan fingerprint density at radius 2 is 1.80 bits per heavy atom. The zero-order chi connectivity index (χ0) is 15.6. The van der Waals surface area contributed by atoms with Gasteiger partial charge in [0.05, 0.1) is 12.4 Å². The molecular formula is C11H8BrCl5O3. The Morgan fingerprint density at radius 3 is 2.25 bits per heavy atom. The predicted octanol–water partition coefficient (Wildman–Crippen LogP) is 5.15. The van der Waals surface area contributed by atoms with Gasteiger partial charge >= 0.3 is 4.52 Å². The van der Waals surface area contributed by atoms with E-state index < -0.39 is 8.31 Å². The Bertz CT molecular complexity index is 501. The molecule has 20 heavy (non-hydrogen) atoms. The topological polar surface area (TPSA) is 35.5 Å². The maximum atomic E-state index is 11.6. The van der Waals surface area contributed by atoms with Crippen molar-refractivity contribution in [1.29, 1.82) is 0 Å². The van der Waals surface area contributed by atoms with E-state index in [1.165, 1.54) is 25.3 Å². The van der Waals surface area contributed by atoms with Crippen LogP contribution in [0.15, 0.2) is 18.2 Å². The Morgan fingerprint density at radius 1 is 1.20 bits per heavy atom. The molecule has 0 atom stereocenters. The third kappa shape index (κ3) is 4.46. The number of carbonyl (C=O) groups is 1. The molecule has 3 nitrogen and oxygen atoms in total. The van der Waals surface area contributed by atoms with Gasteiger partial charge in [-0.25, -0.2) is 0 Å². The van der Waals surface area contributed by atoms with Crippen molar-refractivity contribution < 1.29 is 14.3 Å². The van der Waals surface area contributed by atoms with Crippen LogP contribution in [0.4, 0.5) is 0 Å². The number of ether oxygens (including phenoxy) is 2. The van der Waals surface area contributed by atoms with E-state index in [4.69, 9.17) is 67.5 Å². The normalized spacial score (nSPS) is 12.2. The van der Waals surface area contributed by atoms with Crippen LogP contribution in [-0.2, 0) is 0 Å². The zero-order valence-electron chi connectivity index (χ0n) is 9.93. The molecule has 1 aromatic rings. The minimum Gasteiger partial charge on any atom is -0.493 e. The van der Waals surface area contributed by atoms with Gasteiger partial charge in [-0.3, -0.25) is 4.79 Å². The summed E-state index contributed by atoms with van der Waals surface area (Å²) >= 11 is 31.6. The van der Waals surface area contributed by atoms with Crippen molar-refractivity contribution in [3.8, 4) is 11.5 Å². The van der Waals surface area contributed by atoms with E-state index >= 15 is 0 Å². The first-order chi connectivity index (χ1) is 9.12. The molecule has 0 saturated carbocycles. The smallest absolute Gasteiger partial charge is 0.305 e. The molecule has 1 aromatic carbocycles. The number of benzene rings is 1. The van der Waals surface area contributed by atoms with E-state index in [1.54, 1.807) is 0 Å². The van der Waals surface area contributed by atoms with Gasteiger partial charge in [-0.2, -0.15) is 0 Å². The maximum absolute atomic E-state index is 11.6. The van der Waals surface area contributed by atoms with Crippen LogP contribution in [0.5, 0.6) is 11.5 Å². The molecule has 0 saturated heterocycles. The second kappa shape index (κ2) is 7.12. The largest absolute Gasteiger partial charge is 0.493 e. The van der Waals surface area contributed by atoms with Gasteiger partial charge in [0.1, 0.15) is 0 Å². The molecule has 0 radical (unpaired) electrons. The first-order valence-corrected chi connectivity index (χ1v) is 8.04. The van der Waals surface area contributed by atoms with Crippen molar-refractivity contribution in [3.05, 3.63) is 23.8 Å². The number of carbonyl (C=O) groups excluding carboxylic acids is 1. The fourth-order valence-corrected chi connectivity index (χ4v) is 1.80. The van der Waals surface area contributed by atoms with E-state index in [9.17, 15) is 4.79 Å². The van der Waals surface area contributed by atoms with E-state index in [2.05, 4.69) is 15.9 Å². The van der Waals surface area contributed by atoms with Crippen molar-refractivity contribution in [2.24, 2.45) is 0 Å². The average molecular weight is 445 g/mol. The molecule has 0 fully saturated rings. The fourth-order valence-electron chi connectivity index (χ4n) is 1.20. The summed E-state index contributed by atoms with van der Waals surface area (Å²) in [5, 5.41) is 0.180. The monoisotopic (exact) mass is 442 g/mol. The first kappa shape index (κ1) is 18.5. The van der Waals surface area contributed by atoms with Gasteiger partial charge < -0.3 is 9.47 Å². The highest BCUT2D eigenvalue weighted by Gasteiger charge is 2.49. The standard InChI is InChI=1S/C11H8BrCl5O3/c1-19-9-4-6(7(18)5-12)2-3-8(9)20-11(16,17)10(13,14)15/h2-4H,5H2,1H3. The molecule has 0 aliphatic rings. The Hall–Kier alpha value is 0.420. The molecule has 9 heteroatoms. The molecule has 0 N–H and O–H groups in total. The highest BCUT2D eigenvalue weighted by atomic mass is 79.9. The molecule has 0 heterocycles. The molecule has 1 rings (SSSR count). The number of rotatable bonds is 5. The third-order valence-electron chi connectivity index (χ3n) is 2.18. The van der Waals surface area contributed by atoms with Gasteiger partial charge in [-0.1, -0.05) is 73.9 Å². The van der Waals surface area contributed by atoms with Gasteiger partial charge in [0, 0.05) is 5.56 Å². The minimum atomic E-state index is -2.12. The zero-order valence-corrected chi connectivity index (χ0v) is 15.3. The lowest BCUT2D eigenvalue weighted by Gasteiger charge is -2.28. The fraction of sp³-hybridized carbons (Fsp3) is 0.364. The second-order valence-corrected chi connectivity index (χ2v) is 7.64. The number of Topliss-reactive ketones (excluding diaryl/α,β-unsaturated/α-hetero) is 1. The van der Waals surface area contributed by atoms with E-state index in [0.29, 0.717) is 5.56 Å². The van der Waals surface area contributed by atoms with Crippen LogP contribution in [0, 0.1) is 0 Å². The van der Waals surface area contributed by atoms with Crippen LogP contribution in [0.1, 0.15) is 10.4 Å². The number of hydrogen-bond acceptors (Lipinski definition) is 3. The van der Waals surface area contributed by atoms with E-state index in [1.807, 2.05) is 0 Å². The summed E-state index contributed by atoms with van der Waals surface area (Å²) in [7, 11) is 1.39. The highest BCUT2D eigenvalue weighted by Crippen LogP contribution is 2.48. The van der Waals surface area contributed by atoms with Gasteiger partial charge in [-0.15, -0.1) is 0 Å². The molecule has 0 aliphatic carbocycles. The third-order valence-corrected chi connectivity index (χ3v) is 4.78. The Labute approximate surface area is 149 Å². The summed E-state index contributed by atoms with van der Waals surface area (Å²) in [5.74, 6) is 0.242. The Balaban J connectivity index is 3.11.